The van der Waals surface area contributed by atoms with Gasteiger partial charge in [0.2, 0.25) is 17.1 Å². The summed E-state index contributed by atoms with van der Waals surface area (Å²) in [4.78, 5) is 36.1. The molecule has 160 valence electrons. The number of anilines is 2. The van der Waals surface area contributed by atoms with Crippen LogP contribution in [0.3, 0.4) is 0 Å². The first-order chi connectivity index (χ1) is 13.5. The summed E-state index contributed by atoms with van der Waals surface area (Å²) < 4.78 is 26.4. The van der Waals surface area contributed by atoms with E-state index in [2.05, 4.69) is 19.5 Å². The molecule has 2 amide bonds. The van der Waals surface area contributed by atoms with Crippen molar-refractivity contribution in [1.29, 1.82) is 0 Å². The van der Waals surface area contributed by atoms with Crippen LogP contribution in [-0.2, 0) is 36.7 Å². The number of hydrogen-bond acceptors (Lipinski definition) is 7. The fourth-order valence-corrected chi connectivity index (χ4v) is 3.27. The number of benzene rings is 1. The molecule has 0 fully saturated rings. The van der Waals surface area contributed by atoms with E-state index in [1.54, 1.807) is 27.7 Å². The van der Waals surface area contributed by atoms with Gasteiger partial charge in [0.15, 0.2) is 0 Å². The lowest BCUT2D eigenvalue weighted by Crippen LogP contribution is -2.35. The summed E-state index contributed by atoms with van der Waals surface area (Å²) >= 11 is -2.05. The van der Waals surface area contributed by atoms with Crippen molar-refractivity contribution in [2.75, 3.05) is 16.6 Å². The second-order valence-electron chi connectivity index (χ2n) is 7.33. The minimum atomic E-state index is -2.05. The van der Waals surface area contributed by atoms with Gasteiger partial charge in [-0.05, 0) is 52.2 Å². The van der Waals surface area contributed by atoms with Crippen molar-refractivity contribution in [3.05, 3.63) is 17.7 Å². The van der Waals surface area contributed by atoms with E-state index in [1.807, 2.05) is 0 Å². The molecule has 1 heterocycles. The Morgan fingerprint density at radius 1 is 1.34 bits per heavy atom. The monoisotopic (exact) mass is 427 g/mol. The largest absolute Gasteiger partial charge is 0.506 e. The van der Waals surface area contributed by atoms with Crippen molar-refractivity contribution in [2.45, 2.75) is 46.1 Å². The summed E-state index contributed by atoms with van der Waals surface area (Å²) in [6.07, 6.45) is -0.326. The number of amides is 2. The molecule has 0 saturated carbocycles. The highest BCUT2D eigenvalue weighted by molar-refractivity contribution is 7.85. The van der Waals surface area contributed by atoms with Crippen LogP contribution in [0.25, 0.3) is 0 Å². The van der Waals surface area contributed by atoms with Crippen LogP contribution in [0.1, 0.15) is 39.7 Å². The second kappa shape index (κ2) is 9.12. The van der Waals surface area contributed by atoms with Gasteiger partial charge >= 0.3 is 12.1 Å². The lowest BCUT2D eigenvalue weighted by Gasteiger charge is -2.22. The molecule has 10 nitrogen and oxygen atoms in total. The molecular formula is C18H25N3O7S. The van der Waals surface area contributed by atoms with Crippen molar-refractivity contribution in [1.82, 2.24) is 4.72 Å². The van der Waals surface area contributed by atoms with Gasteiger partial charge in [-0.15, -0.1) is 0 Å². The Hall–Kier alpha value is -2.82. The summed E-state index contributed by atoms with van der Waals surface area (Å²) in [7, 11) is 0. The SMILES string of the molecule is CCOC(=O)NS(=O)Nc1cc2c(cc1O)NC(=O)C(C(=O)OC(C)(C)C)CC2. The molecule has 0 aromatic heterocycles. The third kappa shape index (κ3) is 6.34. The van der Waals surface area contributed by atoms with Crippen molar-refractivity contribution >= 4 is 40.5 Å². The van der Waals surface area contributed by atoms with Crippen LogP contribution < -0.4 is 14.8 Å². The van der Waals surface area contributed by atoms with Gasteiger partial charge in [-0.2, -0.15) is 0 Å². The number of nitrogens with one attached hydrogen (secondary N) is 3. The van der Waals surface area contributed by atoms with Gasteiger partial charge in [-0.3, -0.25) is 14.3 Å². The number of carbonyl (C=O) groups excluding carboxylic acids is 3. The number of fused-ring (bicyclic) bond motifs is 1. The van der Waals surface area contributed by atoms with Gasteiger partial charge in [0, 0.05) is 11.8 Å². The van der Waals surface area contributed by atoms with Gasteiger partial charge in [0.25, 0.3) is 0 Å². The minimum Gasteiger partial charge on any atom is -0.506 e. The Labute approximate surface area is 171 Å². The molecule has 1 aromatic rings. The lowest BCUT2D eigenvalue weighted by atomic mass is 10.00. The average Bonchev–Trinajstić information content (AvgIpc) is 2.72. The zero-order chi connectivity index (χ0) is 21.8. The van der Waals surface area contributed by atoms with E-state index in [4.69, 9.17) is 4.74 Å². The molecule has 0 radical (unpaired) electrons. The predicted molar refractivity (Wildman–Crippen MR) is 106 cm³/mol. The van der Waals surface area contributed by atoms with E-state index >= 15 is 0 Å². The van der Waals surface area contributed by atoms with E-state index in [9.17, 15) is 23.7 Å². The Balaban J connectivity index is 2.14. The molecule has 2 unspecified atom stereocenters. The number of phenolic OH excluding ortho intramolecular Hbond substituents is 1. The molecule has 11 heteroatoms. The smallest absolute Gasteiger partial charge is 0.420 e. The summed E-state index contributed by atoms with van der Waals surface area (Å²) in [5.74, 6) is -2.42. The van der Waals surface area contributed by atoms with Gasteiger partial charge in [-0.1, -0.05) is 0 Å². The topological polar surface area (TPSA) is 143 Å². The van der Waals surface area contributed by atoms with Gasteiger partial charge in [0.1, 0.15) is 17.3 Å². The standard InChI is InChI=1S/C18H25N3O7S/c1-5-27-17(25)21-29(26)20-13-8-10-6-7-11(16(24)28-18(2,3)4)15(23)19-12(10)9-14(13)22/h8-9,11,20,22H,5-7H2,1-4H3,(H,19,23)(H,21,25). The summed E-state index contributed by atoms with van der Waals surface area (Å²) in [6.45, 7) is 6.87. The van der Waals surface area contributed by atoms with Crippen molar-refractivity contribution in [3.63, 3.8) is 0 Å². The number of aromatic hydroxyl groups is 1. The van der Waals surface area contributed by atoms with Crippen LogP contribution in [0.15, 0.2) is 12.1 Å². The van der Waals surface area contributed by atoms with Crippen molar-refractivity contribution in [2.24, 2.45) is 5.92 Å². The first kappa shape index (κ1) is 22.5. The number of aryl methyl sites for hydroxylation is 1. The summed E-state index contributed by atoms with van der Waals surface area (Å²) in [5, 5.41) is 12.8. The van der Waals surface area contributed by atoms with E-state index in [1.165, 1.54) is 12.1 Å². The molecule has 0 bridgehead atoms. The number of esters is 1. The van der Waals surface area contributed by atoms with Crippen LogP contribution in [0.5, 0.6) is 5.75 Å². The van der Waals surface area contributed by atoms with Crippen LogP contribution >= 0.6 is 0 Å². The van der Waals surface area contributed by atoms with Crippen molar-refractivity contribution < 1.29 is 33.2 Å². The zero-order valence-electron chi connectivity index (χ0n) is 16.7. The molecule has 1 aliphatic rings. The number of phenols is 1. The first-order valence-electron chi connectivity index (χ1n) is 9.01. The number of ether oxygens (including phenoxy) is 2. The maximum absolute atomic E-state index is 12.4. The van der Waals surface area contributed by atoms with Crippen LogP contribution in [0.2, 0.25) is 0 Å². The highest BCUT2D eigenvalue weighted by atomic mass is 32.2. The summed E-state index contributed by atoms with van der Waals surface area (Å²) in [6, 6.07) is 2.78. The predicted octanol–water partition coefficient (Wildman–Crippen LogP) is 1.97. The van der Waals surface area contributed by atoms with Crippen LogP contribution in [-0.4, -0.2) is 39.5 Å². The zero-order valence-corrected chi connectivity index (χ0v) is 17.5. The Bertz CT molecular complexity index is 835. The molecule has 1 aromatic carbocycles. The molecule has 4 N–H and O–H groups in total. The molecule has 2 atom stereocenters. The molecule has 0 spiro atoms. The lowest BCUT2D eigenvalue weighted by molar-refractivity contribution is -0.161. The number of carbonyl (C=O) groups is 3. The molecule has 0 saturated heterocycles. The fraction of sp³-hybridized carbons (Fsp3) is 0.500. The Kier molecular flexibility index (Phi) is 7.07. The highest BCUT2D eigenvalue weighted by Crippen LogP contribution is 2.34. The maximum atomic E-state index is 12.4. The fourth-order valence-electron chi connectivity index (χ4n) is 2.65. The quantitative estimate of drug-likeness (QED) is 0.319. The number of hydrogen-bond donors (Lipinski definition) is 4. The third-order valence-electron chi connectivity index (χ3n) is 3.84. The van der Waals surface area contributed by atoms with Gasteiger partial charge in [-0.25, -0.2) is 13.7 Å². The average molecular weight is 427 g/mol. The normalized spacial score (nSPS) is 17.2. The van der Waals surface area contributed by atoms with Crippen LogP contribution in [0.4, 0.5) is 16.2 Å². The first-order valence-corrected chi connectivity index (χ1v) is 10.2. The summed E-state index contributed by atoms with van der Waals surface area (Å²) in [5.41, 5.74) is 0.330. The van der Waals surface area contributed by atoms with Gasteiger partial charge < -0.3 is 19.9 Å². The highest BCUT2D eigenvalue weighted by Gasteiger charge is 2.33. The minimum absolute atomic E-state index is 0.0869. The van der Waals surface area contributed by atoms with E-state index in [0.29, 0.717) is 17.7 Å². The second-order valence-corrected chi connectivity index (χ2v) is 8.28. The molecule has 29 heavy (non-hydrogen) atoms. The van der Waals surface area contributed by atoms with Crippen molar-refractivity contribution in [3.8, 4) is 5.75 Å². The molecular weight excluding hydrogens is 402 g/mol. The maximum Gasteiger partial charge on any atom is 0.420 e. The van der Waals surface area contributed by atoms with E-state index in [0.717, 1.165) is 0 Å². The van der Waals surface area contributed by atoms with E-state index < -0.39 is 40.7 Å². The number of rotatable bonds is 5. The molecule has 0 aliphatic carbocycles. The van der Waals surface area contributed by atoms with Crippen LogP contribution in [0, 0.1) is 5.92 Å². The van der Waals surface area contributed by atoms with E-state index in [-0.39, 0.29) is 24.5 Å². The van der Waals surface area contributed by atoms with Gasteiger partial charge in [0.05, 0.1) is 12.3 Å². The molecule has 1 aliphatic heterocycles. The Morgan fingerprint density at radius 2 is 2.03 bits per heavy atom. The third-order valence-corrected chi connectivity index (χ3v) is 4.60. The Morgan fingerprint density at radius 3 is 2.66 bits per heavy atom. The molecule has 2 rings (SSSR count).